The van der Waals surface area contributed by atoms with Crippen molar-refractivity contribution in [3.05, 3.63) is 0 Å². The fourth-order valence-corrected chi connectivity index (χ4v) is 3.15. The fourth-order valence-electron chi connectivity index (χ4n) is 3.15. The van der Waals surface area contributed by atoms with Gasteiger partial charge in [-0.05, 0) is 76.8 Å². The van der Waals surface area contributed by atoms with Gasteiger partial charge in [0.05, 0.1) is 0 Å². The summed E-state index contributed by atoms with van der Waals surface area (Å²) in [4.78, 5) is 2.71. The minimum atomic E-state index is 0. The van der Waals surface area contributed by atoms with Crippen molar-refractivity contribution in [3.63, 3.8) is 0 Å². The molecule has 0 radical (unpaired) electrons. The van der Waals surface area contributed by atoms with Crippen molar-refractivity contribution < 1.29 is 0 Å². The predicted octanol–water partition coefficient (Wildman–Crippen LogP) is 2.15. The summed E-state index contributed by atoms with van der Waals surface area (Å²) in [6, 6.07) is 0. The smallest absolute Gasteiger partial charge is 0.00106 e. The molecule has 2 saturated heterocycles. The van der Waals surface area contributed by atoms with E-state index in [9.17, 15) is 0 Å². The molecular weight excluding hydrogens is 281 g/mol. The maximum absolute atomic E-state index is 3.49. The zero-order chi connectivity index (χ0) is 11.9. The van der Waals surface area contributed by atoms with Gasteiger partial charge in [0.25, 0.3) is 0 Å². The van der Waals surface area contributed by atoms with Gasteiger partial charge in [0.15, 0.2) is 0 Å². The minimum Gasteiger partial charge on any atom is -0.317 e. The highest BCUT2D eigenvalue weighted by Gasteiger charge is 2.22. The van der Waals surface area contributed by atoms with E-state index in [2.05, 4.69) is 22.5 Å². The van der Waals surface area contributed by atoms with Crippen molar-refractivity contribution >= 4 is 24.8 Å². The van der Waals surface area contributed by atoms with Crippen LogP contribution in [-0.4, -0.2) is 50.7 Å². The van der Waals surface area contributed by atoms with E-state index >= 15 is 0 Å². The zero-order valence-electron chi connectivity index (χ0n) is 12.2. The Labute approximate surface area is 131 Å². The van der Waals surface area contributed by atoms with Crippen molar-refractivity contribution in [2.75, 3.05) is 45.8 Å². The first-order valence-electron chi connectivity index (χ1n) is 7.52. The van der Waals surface area contributed by atoms with Gasteiger partial charge < -0.3 is 15.5 Å². The summed E-state index contributed by atoms with van der Waals surface area (Å²) in [7, 11) is 0. The molecule has 19 heavy (non-hydrogen) atoms. The Hall–Kier alpha value is 0.460. The average Bonchev–Trinajstić information content (AvgIpc) is 2.39. The van der Waals surface area contributed by atoms with Crippen LogP contribution in [0.3, 0.4) is 0 Å². The first-order valence-corrected chi connectivity index (χ1v) is 7.52. The maximum atomic E-state index is 3.49. The molecule has 2 N–H and O–H groups in total. The van der Waals surface area contributed by atoms with E-state index in [1.165, 1.54) is 65.0 Å². The van der Waals surface area contributed by atoms with Gasteiger partial charge in [0.1, 0.15) is 0 Å². The van der Waals surface area contributed by atoms with Crippen LogP contribution in [0.15, 0.2) is 0 Å². The van der Waals surface area contributed by atoms with E-state index in [4.69, 9.17) is 0 Å². The third-order valence-electron chi connectivity index (χ3n) is 4.37. The Bertz CT molecular complexity index is 203. The average molecular weight is 312 g/mol. The van der Waals surface area contributed by atoms with E-state index < -0.39 is 0 Å². The highest BCUT2D eigenvalue weighted by Crippen LogP contribution is 2.20. The Kier molecular flexibility index (Phi) is 11.4. The van der Waals surface area contributed by atoms with Crippen LogP contribution in [0.2, 0.25) is 0 Å². The van der Waals surface area contributed by atoms with E-state index in [1.807, 2.05) is 0 Å². The lowest BCUT2D eigenvalue weighted by atomic mass is 9.93. The number of halogens is 2. The largest absolute Gasteiger partial charge is 0.317 e. The van der Waals surface area contributed by atoms with Crippen LogP contribution in [0.5, 0.6) is 0 Å². The van der Waals surface area contributed by atoms with Gasteiger partial charge in [0.2, 0.25) is 0 Å². The molecule has 0 bridgehead atoms. The van der Waals surface area contributed by atoms with Crippen LogP contribution in [0, 0.1) is 11.8 Å². The second-order valence-corrected chi connectivity index (χ2v) is 5.75. The molecule has 0 aromatic carbocycles. The van der Waals surface area contributed by atoms with Gasteiger partial charge in [0, 0.05) is 6.54 Å². The molecule has 0 saturated carbocycles. The summed E-state index contributed by atoms with van der Waals surface area (Å²) in [6.07, 6.45) is 5.57. The summed E-state index contributed by atoms with van der Waals surface area (Å²) in [5.74, 6) is 1.89. The van der Waals surface area contributed by atoms with Gasteiger partial charge >= 0.3 is 0 Å². The number of likely N-dealkylation sites (tertiary alicyclic amines) is 1. The molecule has 5 heteroatoms. The summed E-state index contributed by atoms with van der Waals surface area (Å²) in [6.45, 7) is 11.1. The minimum absolute atomic E-state index is 0. The SMILES string of the molecule is CCNCC1CCN(CC2CCNCC2)CC1.Cl.Cl. The number of hydrogen-bond acceptors (Lipinski definition) is 3. The number of rotatable bonds is 5. The zero-order valence-corrected chi connectivity index (χ0v) is 13.8. The van der Waals surface area contributed by atoms with E-state index in [0.29, 0.717) is 0 Å². The molecule has 0 unspecified atom stereocenters. The lowest BCUT2D eigenvalue weighted by Crippen LogP contribution is -2.41. The summed E-state index contributed by atoms with van der Waals surface area (Å²) < 4.78 is 0. The molecule has 0 aliphatic carbocycles. The Morgan fingerprint density at radius 1 is 1.00 bits per heavy atom. The number of hydrogen-bond donors (Lipinski definition) is 2. The van der Waals surface area contributed by atoms with Gasteiger partial charge in [-0.1, -0.05) is 6.92 Å². The van der Waals surface area contributed by atoms with Crippen LogP contribution in [0.4, 0.5) is 0 Å². The Balaban J connectivity index is 0.00000162. The third-order valence-corrected chi connectivity index (χ3v) is 4.37. The molecular formula is C14H31Cl2N3. The van der Waals surface area contributed by atoms with E-state index in [-0.39, 0.29) is 24.8 Å². The summed E-state index contributed by atoms with van der Waals surface area (Å²) in [5.41, 5.74) is 0. The van der Waals surface area contributed by atoms with Crippen LogP contribution < -0.4 is 10.6 Å². The number of nitrogens with zero attached hydrogens (tertiary/aromatic N) is 1. The lowest BCUT2D eigenvalue weighted by molar-refractivity contribution is 0.147. The topological polar surface area (TPSA) is 27.3 Å². The van der Waals surface area contributed by atoms with Crippen molar-refractivity contribution in [1.29, 1.82) is 0 Å². The molecule has 2 aliphatic heterocycles. The van der Waals surface area contributed by atoms with Crippen LogP contribution in [0.25, 0.3) is 0 Å². The first-order chi connectivity index (χ1) is 8.38. The van der Waals surface area contributed by atoms with Crippen LogP contribution in [0.1, 0.15) is 32.6 Å². The molecule has 0 spiro atoms. The molecule has 2 aliphatic rings. The van der Waals surface area contributed by atoms with Gasteiger partial charge in [-0.3, -0.25) is 0 Å². The normalized spacial score (nSPS) is 22.6. The highest BCUT2D eigenvalue weighted by molar-refractivity contribution is 5.85. The summed E-state index contributed by atoms with van der Waals surface area (Å²) >= 11 is 0. The fraction of sp³-hybridized carbons (Fsp3) is 1.00. The second kappa shape index (κ2) is 11.2. The molecule has 0 atom stereocenters. The molecule has 3 nitrogen and oxygen atoms in total. The van der Waals surface area contributed by atoms with E-state index in [1.54, 1.807) is 0 Å². The van der Waals surface area contributed by atoms with Crippen LogP contribution >= 0.6 is 24.8 Å². The number of piperidine rings is 2. The molecule has 2 rings (SSSR count). The van der Waals surface area contributed by atoms with E-state index in [0.717, 1.165) is 18.4 Å². The molecule has 0 amide bonds. The lowest BCUT2D eigenvalue weighted by Gasteiger charge is -2.35. The van der Waals surface area contributed by atoms with Gasteiger partial charge in [-0.2, -0.15) is 0 Å². The van der Waals surface area contributed by atoms with Crippen molar-refractivity contribution in [2.24, 2.45) is 11.8 Å². The number of nitrogens with one attached hydrogen (secondary N) is 2. The molecule has 2 heterocycles. The predicted molar refractivity (Wildman–Crippen MR) is 87.8 cm³/mol. The molecule has 0 aromatic rings. The van der Waals surface area contributed by atoms with Gasteiger partial charge in [-0.25, -0.2) is 0 Å². The third kappa shape index (κ3) is 7.14. The van der Waals surface area contributed by atoms with Gasteiger partial charge in [-0.15, -0.1) is 24.8 Å². The standard InChI is InChI=1S/C14H29N3.2ClH/c1-2-15-11-13-5-9-17(10-6-13)12-14-3-7-16-8-4-14;;/h13-16H,2-12H2,1H3;2*1H. The first kappa shape index (κ1) is 19.5. The maximum Gasteiger partial charge on any atom is 0.00106 e. The Morgan fingerprint density at radius 2 is 1.63 bits per heavy atom. The highest BCUT2D eigenvalue weighted by atomic mass is 35.5. The summed E-state index contributed by atoms with van der Waals surface area (Å²) in [5, 5.41) is 6.94. The monoisotopic (exact) mass is 311 g/mol. The molecule has 2 fully saturated rings. The quantitative estimate of drug-likeness (QED) is 0.814. The molecule has 116 valence electrons. The van der Waals surface area contributed by atoms with Crippen molar-refractivity contribution in [2.45, 2.75) is 32.6 Å². The van der Waals surface area contributed by atoms with Crippen LogP contribution in [-0.2, 0) is 0 Å². The second-order valence-electron chi connectivity index (χ2n) is 5.75. The van der Waals surface area contributed by atoms with Crippen molar-refractivity contribution in [3.8, 4) is 0 Å². The van der Waals surface area contributed by atoms with Crippen molar-refractivity contribution in [1.82, 2.24) is 15.5 Å². The Morgan fingerprint density at radius 3 is 2.21 bits per heavy atom. The molecule has 0 aromatic heterocycles.